The van der Waals surface area contributed by atoms with Crippen molar-refractivity contribution in [1.82, 2.24) is 0 Å². The molecule has 0 bridgehead atoms. The van der Waals surface area contributed by atoms with Crippen LogP contribution in [0, 0.1) is 0 Å². The van der Waals surface area contributed by atoms with E-state index in [-0.39, 0.29) is 17.2 Å². The number of hydrogen-bond acceptors (Lipinski definition) is 6. The van der Waals surface area contributed by atoms with Gasteiger partial charge in [-0.25, -0.2) is 0 Å². The lowest BCUT2D eigenvalue weighted by Crippen LogP contribution is -2.35. The van der Waals surface area contributed by atoms with Crippen LogP contribution in [0.2, 0.25) is 0 Å². The number of fused-ring (bicyclic) bond motifs is 1. The van der Waals surface area contributed by atoms with E-state index in [2.05, 4.69) is 0 Å². The summed E-state index contributed by atoms with van der Waals surface area (Å²) in [6.07, 6.45) is -1.00. The molecule has 3 rings (SSSR count). The zero-order chi connectivity index (χ0) is 19.7. The van der Waals surface area contributed by atoms with E-state index in [1.807, 2.05) is 19.9 Å². The fourth-order valence-corrected chi connectivity index (χ4v) is 3.23. The van der Waals surface area contributed by atoms with Gasteiger partial charge in [-0.3, -0.25) is 0 Å². The summed E-state index contributed by atoms with van der Waals surface area (Å²) in [6.45, 7) is 3.90. The number of hydrogen-bond donors (Lipinski definition) is 4. The van der Waals surface area contributed by atoms with E-state index in [9.17, 15) is 20.4 Å². The number of aliphatic hydroxyl groups excluding tert-OH is 2. The van der Waals surface area contributed by atoms with Crippen molar-refractivity contribution in [2.24, 2.45) is 0 Å². The quantitative estimate of drug-likeness (QED) is 0.616. The summed E-state index contributed by atoms with van der Waals surface area (Å²) < 4.78 is 11.4. The Morgan fingerprint density at radius 2 is 1.81 bits per heavy atom. The molecule has 6 heteroatoms. The van der Waals surface area contributed by atoms with Gasteiger partial charge in [-0.1, -0.05) is 23.8 Å². The molecule has 0 spiro atoms. The van der Waals surface area contributed by atoms with Gasteiger partial charge >= 0.3 is 0 Å². The summed E-state index contributed by atoms with van der Waals surface area (Å²) in [5.41, 5.74) is 2.50. The first-order valence-electron chi connectivity index (χ1n) is 8.71. The number of phenolic OH excluding ortho intramolecular Hbond substituents is 2. The first-order valence-corrected chi connectivity index (χ1v) is 8.71. The van der Waals surface area contributed by atoms with E-state index in [0.29, 0.717) is 28.9 Å². The van der Waals surface area contributed by atoms with Gasteiger partial charge in [0.1, 0.15) is 35.2 Å². The summed E-state index contributed by atoms with van der Waals surface area (Å²) in [6, 6.07) is 7.64. The molecule has 0 fully saturated rings. The summed E-state index contributed by atoms with van der Waals surface area (Å²) >= 11 is 0. The average Bonchev–Trinajstić information content (AvgIpc) is 2.63. The third-order valence-electron chi connectivity index (χ3n) is 4.69. The first-order chi connectivity index (χ1) is 12.8. The summed E-state index contributed by atoms with van der Waals surface area (Å²) in [5, 5.41) is 41.4. The number of aromatic hydroxyl groups is 2. The van der Waals surface area contributed by atoms with Gasteiger partial charge < -0.3 is 29.9 Å². The van der Waals surface area contributed by atoms with Crippen LogP contribution in [0.4, 0.5) is 0 Å². The molecule has 6 nitrogen and oxygen atoms in total. The van der Waals surface area contributed by atoms with Crippen molar-refractivity contribution in [3.05, 3.63) is 58.7 Å². The SMILES string of the molecule is COc1cc(O)c(CC=C(C)C)c2c1C(O)C(O)C(c1ccc(O)cc1)O2. The van der Waals surface area contributed by atoms with E-state index in [1.165, 1.54) is 25.3 Å². The zero-order valence-electron chi connectivity index (χ0n) is 15.5. The van der Waals surface area contributed by atoms with Gasteiger partial charge in [-0.05, 0) is 38.0 Å². The van der Waals surface area contributed by atoms with Crippen LogP contribution in [0.1, 0.15) is 42.7 Å². The van der Waals surface area contributed by atoms with Crippen molar-refractivity contribution in [3.8, 4) is 23.0 Å². The number of aliphatic hydroxyl groups is 2. The highest BCUT2D eigenvalue weighted by atomic mass is 16.5. The lowest BCUT2D eigenvalue weighted by Gasteiger charge is -2.36. The minimum Gasteiger partial charge on any atom is -0.508 e. The molecule has 0 amide bonds. The van der Waals surface area contributed by atoms with E-state index in [4.69, 9.17) is 9.47 Å². The minimum absolute atomic E-state index is 0.00357. The second-order valence-corrected chi connectivity index (χ2v) is 6.87. The second kappa shape index (κ2) is 7.50. The second-order valence-electron chi connectivity index (χ2n) is 6.87. The molecule has 3 unspecified atom stereocenters. The predicted octanol–water partition coefficient (Wildman–Crippen LogP) is 3.14. The van der Waals surface area contributed by atoms with Gasteiger partial charge in [0.25, 0.3) is 0 Å². The number of rotatable bonds is 4. The maximum absolute atomic E-state index is 10.8. The lowest BCUT2D eigenvalue weighted by atomic mass is 9.89. The van der Waals surface area contributed by atoms with Gasteiger partial charge in [0.15, 0.2) is 6.10 Å². The van der Waals surface area contributed by atoms with Crippen LogP contribution in [-0.2, 0) is 6.42 Å². The van der Waals surface area contributed by atoms with Crippen LogP contribution in [0.3, 0.4) is 0 Å². The molecule has 0 saturated heterocycles. The zero-order valence-corrected chi connectivity index (χ0v) is 15.5. The Morgan fingerprint density at radius 3 is 2.41 bits per heavy atom. The standard InChI is InChI=1S/C21H24O6/c1-11(2)4-9-14-15(23)10-16(26-3)17-18(24)19(25)20(27-21(14)17)12-5-7-13(22)8-6-12/h4-8,10,18-20,22-25H,9H2,1-3H3. The third kappa shape index (κ3) is 3.59. The van der Waals surface area contributed by atoms with Crippen molar-refractivity contribution in [1.29, 1.82) is 0 Å². The Balaban J connectivity index is 2.14. The largest absolute Gasteiger partial charge is 0.508 e. The van der Waals surface area contributed by atoms with E-state index in [1.54, 1.807) is 12.1 Å². The first kappa shape index (κ1) is 19.1. The highest BCUT2D eigenvalue weighted by Gasteiger charge is 2.41. The van der Waals surface area contributed by atoms with Crippen LogP contribution in [0.15, 0.2) is 42.0 Å². The molecule has 1 aliphatic rings. The van der Waals surface area contributed by atoms with E-state index < -0.39 is 18.3 Å². The Hall–Kier alpha value is -2.70. The molecule has 2 aromatic rings. The van der Waals surface area contributed by atoms with E-state index >= 15 is 0 Å². The Kier molecular flexibility index (Phi) is 5.30. The maximum atomic E-state index is 10.8. The number of methoxy groups -OCH3 is 1. The number of benzene rings is 2. The van der Waals surface area contributed by atoms with Crippen LogP contribution < -0.4 is 9.47 Å². The van der Waals surface area contributed by atoms with E-state index in [0.717, 1.165) is 5.57 Å². The topological polar surface area (TPSA) is 99.4 Å². The minimum atomic E-state index is -1.26. The molecule has 0 aliphatic carbocycles. The molecule has 1 aliphatic heterocycles. The molecule has 1 heterocycles. The molecule has 0 aromatic heterocycles. The summed E-state index contributed by atoms with van der Waals surface area (Å²) in [4.78, 5) is 0. The Bertz CT molecular complexity index is 852. The lowest BCUT2D eigenvalue weighted by molar-refractivity contribution is -0.0714. The van der Waals surface area contributed by atoms with Crippen molar-refractivity contribution in [2.75, 3.05) is 7.11 Å². The number of ether oxygens (including phenoxy) is 2. The van der Waals surface area contributed by atoms with Crippen LogP contribution in [0.5, 0.6) is 23.0 Å². The summed E-state index contributed by atoms with van der Waals surface area (Å²) in [5.74, 6) is 0.643. The molecule has 0 radical (unpaired) electrons. The Labute approximate surface area is 157 Å². The molecule has 4 N–H and O–H groups in total. The van der Waals surface area contributed by atoms with Crippen molar-refractivity contribution < 1.29 is 29.9 Å². The Morgan fingerprint density at radius 1 is 1.15 bits per heavy atom. The van der Waals surface area contributed by atoms with Crippen LogP contribution >= 0.6 is 0 Å². The van der Waals surface area contributed by atoms with Crippen molar-refractivity contribution in [2.45, 2.75) is 38.6 Å². The van der Waals surface area contributed by atoms with Crippen LogP contribution in [-0.4, -0.2) is 33.6 Å². The fourth-order valence-electron chi connectivity index (χ4n) is 3.23. The number of allylic oxidation sites excluding steroid dienone is 2. The third-order valence-corrected chi connectivity index (χ3v) is 4.69. The van der Waals surface area contributed by atoms with Gasteiger partial charge in [0.2, 0.25) is 0 Å². The maximum Gasteiger partial charge on any atom is 0.152 e. The normalized spacial score (nSPS) is 21.1. The molecule has 27 heavy (non-hydrogen) atoms. The predicted molar refractivity (Wildman–Crippen MR) is 100 cm³/mol. The molecule has 144 valence electrons. The molecular formula is C21H24O6. The van der Waals surface area contributed by atoms with Gasteiger partial charge in [0, 0.05) is 11.6 Å². The van der Waals surface area contributed by atoms with Crippen molar-refractivity contribution >= 4 is 0 Å². The fraction of sp³-hybridized carbons (Fsp3) is 0.333. The highest BCUT2D eigenvalue weighted by molar-refractivity contribution is 5.60. The smallest absolute Gasteiger partial charge is 0.152 e. The van der Waals surface area contributed by atoms with Crippen molar-refractivity contribution in [3.63, 3.8) is 0 Å². The molecular weight excluding hydrogens is 348 g/mol. The van der Waals surface area contributed by atoms with Gasteiger partial charge in [0.05, 0.1) is 12.7 Å². The summed E-state index contributed by atoms with van der Waals surface area (Å²) in [7, 11) is 1.43. The average molecular weight is 372 g/mol. The molecule has 2 aromatic carbocycles. The van der Waals surface area contributed by atoms with Gasteiger partial charge in [-0.15, -0.1) is 0 Å². The monoisotopic (exact) mass is 372 g/mol. The highest BCUT2D eigenvalue weighted by Crippen LogP contribution is 2.50. The van der Waals surface area contributed by atoms with Crippen LogP contribution in [0.25, 0.3) is 0 Å². The number of phenols is 2. The molecule has 3 atom stereocenters. The molecule has 0 saturated carbocycles. The van der Waals surface area contributed by atoms with Gasteiger partial charge in [-0.2, -0.15) is 0 Å².